The smallest absolute Gasteiger partial charge is 0.238 e. The van der Waals surface area contributed by atoms with Crippen LogP contribution in [0.15, 0.2) is 16.9 Å². The molecule has 0 radical (unpaired) electrons. The lowest BCUT2D eigenvalue weighted by atomic mass is 10.1. The monoisotopic (exact) mass is 222 g/mol. The fraction of sp³-hybridized carbons (Fsp3) is 0.500. The van der Waals surface area contributed by atoms with Crippen molar-refractivity contribution >= 4 is 0 Å². The number of hydrogen-bond acceptors (Lipinski definition) is 5. The van der Waals surface area contributed by atoms with Gasteiger partial charge in [-0.2, -0.15) is 4.98 Å². The third-order valence-corrected chi connectivity index (χ3v) is 2.58. The molecule has 0 aliphatic carbocycles. The lowest BCUT2D eigenvalue weighted by molar-refractivity contribution is 0.151. The Balaban J connectivity index is 2.30. The largest absolute Gasteiger partial charge is 0.393 e. The molecular formula is C10H14N4O2. The summed E-state index contributed by atoms with van der Waals surface area (Å²) in [5.74, 6) is 1.33. The molecule has 2 unspecified atom stereocenters. The molecule has 0 spiro atoms. The van der Waals surface area contributed by atoms with E-state index in [2.05, 4.69) is 15.1 Å². The predicted octanol–water partition coefficient (Wildman–Crippen LogP) is 0.954. The molecule has 86 valence electrons. The molecule has 6 heteroatoms. The Kier molecular flexibility index (Phi) is 2.74. The van der Waals surface area contributed by atoms with Gasteiger partial charge in [-0.15, -0.1) is 0 Å². The SMILES string of the molecule is CC(O)C(C)c1nc(-c2nccn2C)no1. The highest BCUT2D eigenvalue weighted by Crippen LogP contribution is 2.20. The molecular weight excluding hydrogens is 208 g/mol. The summed E-state index contributed by atoms with van der Waals surface area (Å²) in [6.07, 6.45) is 2.96. The van der Waals surface area contributed by atoms with Gasteiger partial charge in [-0.3, -0.25) is 0 Å². The topological polar surface area (TPSA) is 77.0 Å². The van der Waals surface area contributed by atoms with Crippen LogP contribution >= 0.6 is 0 Å². The summed E-state index contributed by atoms with van der Waals surface area (Å²) in [6, 6.07) is 0. The summed E-state index contributed by atoms with van der Waals surface area (Å²) in [5.41, 5.74) is 0. The fourth-order valence-corrected chi connectivity index (χ4v) is 1.30. The van der Waals surface area contributed by atoms with Crippen LogP contribution in [0.3, 0.4) is 0 Å². The molecule has 2 atom stereocenters. The molecule has 0 aromatic carbocycles. The molecule has 1 N–H and O–H groups in total. The maximum atomic E-state index is 9.42. The van der Waals surface area contributed by atoms with Crippen molar-refractivity contribution in [1.82, 2.24) is 19.7 Å². The van der Waals surface area contributed by atoms with Gasteiger partial charge < -0.3 is 14.2 Å². The number of aryl methyl sites for hydroxylation is 1. The molecule has 6 nitrogen and oxygen atoms in total. The van der Waals surface area contributed by atoms with Gasteiger partial charge in [0.1, 0.15) is 0 Å². The van der Waals surface area contributed by atoms with Crippen molar-refractivity contribution in [3.05, 3.63) is 18.3 Å². The quantitative estimate of drug-likeness (QED) is 0.836. The zero-order valence-corrected chi connectivity index (χ0v) is 9.45. The second-order valence-electron chi connectivity index (χ2n) is 3.85. The van der Waals surface area contributed by atoms with E-state index in [-0.39, 0.29) is 5.92 Å². The second-order valence-corrected chi connectivity index (χ2v) is 3.85. The van der Waals surface area contributed by atoms with Crippen LogP contribution in [-0.2, 0) is 7.05 Å². The zero-order chi connectivity index (χ0) is 11.7. The van der Waals surface area contributed by atoms with Gasteiger partial charge in [-0.05, 0) is 6.92 Å². The number of hydrogen-bond donors (Lipinski definition) is 1. The van der Waals surface area contributed by atoms with Crippen molar-refractivity contribution in [2.75, 3.05) is 0 Å². The average Bonchev–Trinajstić information content (AvgIpc) is 2.84. The highest BCUT2D eigenvalue weighted by Gasteiger charge is 2.20. The maximum absolute atomic E-state index is 9.42. The Morgan fingerprint density at radius 1 is 1.44 bits per heavy atom. The Hall–Kier alpha value is -1.69. The molecule has 0 amide bonds. The van der Waals surface area contributed by atoms with Crippen molar-refractivity contribution in [2.24, 2.45) is 7.05 Å². The Bertz CT molecular complexity index is 475. The van der Waals surface area contributed by atoms with Crippen LogP contribution in [-0.4, -0.2) is 30.9 Å². The van der Waals surface area contributed by atoms with E-state index in [1.807, 2.05) is 24.7 Å². The number of aromatic nitrogens is 4. The lowest BCUT2D eigenvalue weighted by Crippen LogP contribution is -2.11. The molecule has 0 saturated heterocycles. The first-order chi connectivity index (χ1) is 7.59. The van der Waals surface area contributed by atoms with E-state index in [4.69, 9.17) is 4.52 Å². The molecule has 2 rings (SSSR count). The lowest BCUT2D eigenvalue weighted by Gasteiger charge is -2.07. The zero-order valence-electron chi connectivity index (χ0n) is 9.45. The molecule has 0 aliphatic heterocycles. The third-order valence-electron chi connectivity index (χ3n) is 2.58. The first-order valence-corrected chi connectivity index (χ1v) is 5.09. The molecule has 0 aliphatic rings. The van der Waals surface area contributed by atoms with E-state index in [0.717, 1.165) is 0 Å². The van der Waals surface area contributed by atoms with Crippen LogP contribution in [0.5, 0.6) is 0 Å². The summed E-state index contributed by atoms with van der Waals surface area (Å²) >= 11 is 0. The van der Waals surface area contributed by atoms with Crippen LogP contribution in [0.4, 0.5) is 0 Å². The molecule has 0 bridgehead atoms. The van der Waals surface area contributed by atoms with Crippen molar-refractivity contribution in [1.29, 1.82) is 0 Å². The van der Waals surface area contributed by atoms with Crippen LogP contribution in [0, 0.1) is 0 Å². The molecule has 16 heavy (non-hydrogen) atoms. The van der Waals surface area contributed by atoms with E-state index in [1.54, 1.807) is 13.1 Å². The van der Waals surface area contributed by atoms with Gasteiger partial charge in [-0.1, -0.05) is 12.1 Å². The first kappa shape index (κ1) is 10.8. The number of aliphatic hydroxyl groups excluding tert-OH is 1. The van der Waals surface area contributed by atoms with Crippen molar-refractivity contribution < 1.29 is 9.63 Å². The molecule has 0 fully saturated rings. The van der Waals surface area contributed by atoms with Crippen molar-refractivity contribution in [2.45, 2.75) is 25.9 Å². The van der Waals surface area contributed by atoms with Crippen LogP contribution in [0.25, 0.3) is 11.6 Å². The van der Waals surface area contributed by atoms with Gasteiger partial charge >= 0.3 is 0 Å². The molecule has 2 heterocycles. The van der Waals surface area contributed by atoms with Gasteiger partial charge in [0.25, 0.3) is 0 Å². The van der Waals surface area contributed by atoms with Gasteiger partial charge in [-0.25, -0.2) is 4.98 Å². The first-order valence-electron chi connectivity index (χ1n) is 5.09. The van der Waals surface area contributed by atoms with E-state index < -0.39 is 6.10 Å². The Morgan fingerprint density at radius 3 is 2.75 bits per heavy atom. The van der Waals surface area contributed by atoms with E-state index in [0.29, 0.717) is 17.5 Å². The summed E-state index contributed by atoms with van der Waals surface area (Å²) in [6.45, 7) is 3.52. The number of nitrogens with zero attached hydrogens (tertiary/aromatic N) is 4. The molecule has 0 saturated carbocycles. The average molecular weight is 222 g/mol. The van der Waals surface area contributed by atoms with Gasteiger partial charge in [0.05, 0.1) is 12.0 Å². The Morgan fingerprint density at radius 2 is 2.19 bits per heavy atom. The van der Waals surface area contributed by atoms with Gasteiger partial charge in [0.2, 0.25) is 11.7 Å². The second kappa shape index (κ2) is 4.05. The van der Waals surface area contributed by atoms with E-state index >= 15 is 0 Å². The minimum Gasteiger partial charge on any atom is -0.393 e. The molecule has 2 aromatic rings. The standard InChI is InChI=1S/C10H14N4O2/c1-6(7(2)15)10-12-8(13-16-10)9-11-4-5-14(9)3/h4-7,15H,1-3H3. The maximum Gasteiger partial charge on any atom is 0.238 e. The minimum absolute atomic E-state index is 0.179. The highest BCUT2D eigenvalue weighted by molar-refractivity contribution is 5.42. The third kappa shape index (κ3) is 1.83. The Labute approximate surface area is 92.9 Å². The predicted molar refractivity (Wildman–Crippen MR) is 56.6 cm³/mol. The van der Waals surface area contributed by atoms with Crippen LogP contribution in [0.1, 0.15) is 25.7 Å². The normalized spacial score (nSPS) is 15.0. The summed E-state index contributed by atoms with van der Waals surface area (Å²) in [7, 11) is 1.86. The van der Waals surface area contributed by atoms with Crippen LogP contribution < -0.4 is 0 Å². The number of aliphatic hydroxyl groups is 1. The van der Waals surface area contributed by atoms with Gasteiger partial charge in [0, 0.05) is 19.4 Å². The van der Waals surface area contributed by atoms with E-state index in [1.165, 1.54) is 0 Å². The van der Waals surface area contributed by atoms with Crippen molar-refractivity contribution in [3.63, 3.8) is 0 Å². The summed E-state index contributed by atoms with van der Waals surface area (Å²) in [5, 5.41) is 13.3. The number of imidazole rings is 1. The summed E-state index contributed by atoms with van der Waals surface area (Å²) in [4.78, 5) is 8.33. The number of rotatable bonds is 3. The highest BCUT2D eigenvalue weighted by atomic mass is 16.5. The van der Waals surface area contributed by atoms with Crippen molar-refractivity contribution in [3.8, 4) is 11.6 Å². The minimum atomic E-state index is -0.519. The molecule has 2 aromatic heterocycles. The van der Waals surface area contributed by atoms with E-state index in [9.17, 15) is 5.11 Å². The van der Waals surface area contributed by atoms with Crippen LogP contribution in [0.2, 0.25) is 0 Å². The van der Waals surface area contributed by atoms with Gasteiger partial charge in [0.15, 0.2) is 5.82 Å². The fourth-order valence-electron chi connectivity index (χ4n) is 1.30. The summed E-state index contributed by atoms with van der Waals surface area (Å²) < 4.78 is 6.90.